The van der Waals surface area contributed by atoms with Crippen molar-refractivity contribution in [1.82, 2.24) is 9.55 Å². The fraction of sp³-hybridized carbons (Fsp3) is 0.167. The van der Waals surface area contributed by atoms with Gasteiger partial charge in [0.2, 0.25) is 15.0 Å². The van der Waals surface area contributed by atoms with E-state index in [0.717, 1.165) is 16.8 Å². The van der Waals surface area contributed by atoms with Crippen LogP contribution in [0, 0.1) is 0 Å². The summed E-state index contributed by atoms with van der Waals surface area (Å²) < 4.78 is 27.0. The van der Waals surface area contributed by atoms with Crippen molar-refractivity contribution in [2.24, 2.45) is 7.05 Å². The molecule has 0 aliphatic rings. The molecule has 5 nitrogen and oxygen atoms in total. The van der Waals surface area contributed by atoms with Crippen molar-refractivity contribution in [3.05, 3.63) is 71.9 Å². The van der Waals surface area contributed by atoms with Crippen molar-refractivity contribution >= 4 is 9.84 Å². The summed E-state index contributed by atoms with van der Waals surface area (Å²) >= 11 is 0. The zero-order valence-electron chi connectivity index (χ0n) is 13.3. The Kier molecular flexibility index (Phi) is 4.51. The molecule has 1 aromatic heterocycles. The third-order valence-electron chi connectivity index (χ3n) is 3.86. The molecule has 1 heterocycles. The van der Waals surface area contributed by atoms with E-state index in [0.29, 0.717) is 5.56 Å². The number of imidazole rings is 1. The molecule has 3 rings (SSSR count). The van der Waals surface area contributed by atoms with Gasteiger partial charge in [-0.3, -0.25) is 0 Å². The fourth-order valence-corrected chi connectivity index (χ4v) is 4.07. The number of aliphatic hydroxyl groups excluding tert-OH is 1. The molecule has 0 saturated carbocycles. The molecule has 2 aromatic carbocycles. The van der Waals surface area contributed by atoms with Crippen molar-refractivity contribution in [3.63, 3.8) is 0 Å². The third kappa shape index (κ3) is 3.25. The molecule has 0 unspecified atom stereocenters. The molecule has 0 bridgehead atoms. The molecule has 0 radical (unpaired) electrons. The second kappa shape index (κ2) is 6.59. The van der Waals surface area contributed by atoms with Crippen molar-refractivity contribution < 1.29 is 13.5 Å². The average Bonchev–Trinajstić information content (AvgIpc) is 2.98. The highest BCUT2D eigenvalue weighted by atomic mass is 32.2. The van der Waals surface area contributed by atoms with Gasteiger partial charge in [0, 0.05) is 7.05 Å². The summed E-state index contributed by atoms with van der Waals surface area (Å²) in [5, 5.41) is 9.10. The first-order chi connectivity index (χ1) is 11.5. The van der Waals surface area contributed by atoms with Crippen LogP contribution >= 0.6 is 0 Å². The van der Waals surface area contributed by atoms with Crippen LogP contribution in [0.4, 0.5) is 0 Å². The molecule has 0 amide bonds. The Labute approximate surface area is 141 Å². The highest BCUT2D eigenvalue weighted by Crippen LogP contribution is 2.23. The summed E-state index contributed by atoms with van der Waals surface area (Å²) in [5.41, 5.74) is 3.09. The van der Waals surface area contributed by atoms with Gasteiger partial charge in [0.05, 0.1) is 24.3 Å². The van der Waals surface area contributed by atoms with Crippen LogP contribution in [-0.4, -0.2) is 23.1 Å². The standard InChI is InChI=1S/C18H18N2O3S/c1-20-17(16-5-3-2-4-6-16)11-19-18(20)24(22,23)13-15-9-7-14(12-21)8-10-15/h2-11,21H,12-13H2,1H3. The number of hydrogen-bond acceptors (Lipinski definition) is 4. The number of hydrogen-bond donors (Lipinski definition) is 1. The minimum Gasteiger partial charge on any atom is -0.392 e. The summed E-state index contributed by atoms with van der Waals surface area (Å²) in [6.07, 6.45) is 1.58. The van der Waals surface area contributed by atoms with Gasteiger partial charge < -0.3 is 9.67 Å². The molecule has 0 atom stereocenters. The molecule has 1 N–H and O–H groups in total. The van der Waals surface area contributed by atoms with Gasteiger partial charge in [-0.15, -0.1) is 0 Å². The number of aromatic nitrogens is 2. The summed E-state index contributed by atoms with van der Waals surface area (Å²) in [6, 6.07) is 16.4. The van der Waals surface area contributed by atoms with E-state index in [2.05, 4.69) is 4.98 Å². The average molecular weight is 342 g/mol. The minimum absolute atomic E-state index is 0.0487. The van der Waals surface area contributed by atoms with Gasteiger partial charge in [0.1, 0.15) is 0 Å². The lowest BCUT2D eigenvalue weighted by Crippen LogP contribution is -2.11. The maximum atomic E-state index is 12.7. The van der Waals surface area contributed by atoms with Gasteiger partial charge in [-0.2, -0.15) is 0 Å². The molecule has 6 heteroatoms. The largest absolute Gasteiger partial charge is 0.392 e. The molecule has 0 saturated heterocycles. The predicted molar refractivity (Wildman–Crippen MR) is 91.9 cm³/mol. The van der Waals surface area contributed by atoms with Crippen LogP contribution in [0.15, 0.2) is 66.0 Å². The maximum absolute atomic E-state index is 12.7. The van der Waals surface area contributed by atoms with Crippen LogP contribution in [0.5, 0.6) is 0 Å². The van der Waals surface area contributed by atoms with Gasteiger partial charge in [-0.1, -0.05) is 54.6 Å². The zero-order chi connectivity index (χ0) is 17.2. The number of benzene rings is 2. The topological polar surface area (TPSA) is 72.2 Å². The predicted octanol–water partition coefficient (Wildman–Crippen LogP) is 2.55. The van der Waals surface area contributed by atoms with Crippen LogP contribution in [0.1, 0.15) is 11.1 Å². The van der Waals surface area contributed by atoms with Gasteiger partial charge in [-0.25, -0.2) is 13.4 Å². The highest BCUT2D eigenvalue weighted by Gasteiger charge is 2.22. The molecule has 124 valence electrons. The van der Waals surface area contributed by atoms with Crippen LogP contribution in [0.25, 0.3) is 11.3 Å². The Balaban J connectivity index is 1.91. The normalized spacial score (nSPS) is 11.6. The van der Waals surface area contributed by atoms with Crippen molar-refractivity contribution in [1.29, 1.82) is 0 Å². The van der Waals surface area contributed by atoms with Crippen molar-refractivity contribution in [2.75, 3.05) is 0 Å². The van der Waals surface area contributed by atoms with E-state index in [1.807, 2.05) is 30.3 Å². The second-order valence-corrected chi connectivity index (χ2v) is 7.47. The van der Waals surface area contributed by atoms with Gasteiger partial charge in [-0.05, 0) is 16.7 Å². The van der Waals surface area contributed by atoms with Gasteiger partial charge in [0.25, 0.3) is 0 Å². The molecule has 3 aromatic rings. The molecule has 0 aliphatic carbocycles. The molecule has 24 heavy (non-hydrogen) atoms. The van der Waals surface area contributed by atoms with E-state index < -0.39 is 9.84 Å². The highest BCUT2D eigenvalue weighted by molar-refractivity contribution is 7.90. The first-order valence-corrected chi connectivity index (χ1v) is 9.15. The molecule has 0 aliphatic heterocycles. The quantitative estimate of drug-likeness (QED) is 0.773. The minimum atomic E-state index is -3.56. The van der Waals surface area contributed by atoms with Crippen LogP contribution in [0.2, 0.25) is 0 Å². The smallest absolute Gasteiger partial charge is 0.228 e. The number of sulfone groups is 1. The van der Waals surface area contributed by atoms with Gasteiger partial charge >= 0.3 is 0 Å². The van der Waals surface area contributed by atoms with E-state index in [9.17, 15) is 8.42 Å². The first kappa shape index (κ1) is 16.4. The Bertz CT molecular complexity index is 930. The lowest BCUT2D eigenvalue weighted by Gasteiger charge is -2.08. The number of aliphatic hydroxyl groups is 1. The van der Waals surface area contributed by atoms with Crippen molar-refractivity contribution in [2.45, 2.75) is 17.5 Å². The Morgan fingerprint density at radius 2 is 1.62 bits per heavy atom. The van der Waals surface area contributed by atoms with E-state index >= 15 is 0 Å². The SMILES string of the molecule is Cn1c(-c2ccccc2)cnc1S(=O)(=O)Cc1ccc(CO)cc1. The monoisotopic (exact) mass is 342 g/mol. The fourth-order valence-electron chi connectivity index (χ4n) is 2.58. The number of nitrogens with zero attached hydrogens (tertiary/aromatic N) is 2. The summed E-state index contributed by atoms with van der Waals surface area (Å²) in [5.74, 6) is -0.127. The van der Waals surface area contributed by atoms with Crippen molar-refractivity contribution in [3.8, 4) is 11.3 Å². The maximum Gasteiger partial charge on any atom is 0.228 e. The second-order valence-electron chi connectivity index (χ2n) is 5.58. The Morgan fingerprint density at radius 3 is 2.25 bits per heavy atom. The van der Waals surface area contributed by atoms with E-state index in [1.165, 1.54) is 0 Å². The van der Waals surface area contributed by atoms with Gasteiger partial charge in [0.15, 0.2) is 0 Å². The van der Waals surface area contributed by atoms with Crippen LogP contribution < -0.4 is 0 Å². The molecular formula is C18H18N2O3S. The summed E-state index contributed by atoms with van der Waals surface area (Å²) in [7, 11) is -1.86. The van der Waals surface area contributed by atoms with E-state index in [1.54, 1.807) is 42.1 Å². The lowest BCUT2D eigenvalue weighted by molar-refractivity contribution is 0.282. The Morgan fingerprint density at radius 1 is 1.00 bits per heavy atom. The molecule has 0 spiro atoms. The lowest BCUT2D eigenvalue weighted by atomic mass is 10.2. The van der Waals surface area contributed by atoms with Crippen LogP contribution in [0.3, 0.4) is 0 Å². The molecular weight excluding hydrogens is 324 g/mol. The molecule has 0 fully saturated rings. The van der Waals surface area contributed by atoms with E-state index in [-0.39, 0.29) is 17.5 Å². The third-order valence-corrected chi connectivity index (χ3v) is 5.50. The summed E-state index contributed by atoms with van der Waals surface area (Å²) in [6.45, 7) is -0.0627. The van der Waals surface area contributed by atoms with Crippen LogP contribution in [-0.2, 0) is 29.2 Å². The Hall–Kier alpha value is -2.44. The summed E-state index contributed by atoms with van der Waals surface area (Å²) in [4.78, 5) is 4.13. The number of rotatable bonds is 5. The van der Waals surface area contributed by atoms with E-state index in [4.69, 9.17) is 5.11 Å². The first-order valence-electron chi connectivity index (χ1n) is 7.50. The zero-order valence-corrected chi connectivity index (χ0v) is 14.1.